The van der Waals surface area contributed by atoms with Crippen LogP contribution in [0, 0.1) is 0 Å². The fourth-order valence-electron chi connectivity index (χ4n) is 4.32. The maximum absolute atomic E-state index is 12.5. The average Bonchev–Trinajstić information content (AvgIpc) is 2.77. The van der Waals surface area contributed by atoms with Gasteiger partial charge in [0.2, 0.25) is 0 Å². The number of rotatable bonds is 9. The van der Waals surface area contributed by atoms with Crippen LogP contribution in [-0.2, 0) is 16.0 Å². The Morgan fingerprint density at radius 3 is 2.74 bits per heavy atom. The summed E-state index contributed by atoms with van der Waals surface area (Å²) in [7, 11) is 3.76. The first-order valence-corrected chi connectivity index (χ1v) is 11.1. The third-order valence-electron chi connectivity index (χ3n) is 5.88. The third kappa shape index (κ3) is 5.31. The zero-order valence-corrected chi connectivity index (χ0v) is 19.0. The number of nitrogens with one attached hydrogen (secondary N) is 1. The number of anilines is 2. The molecule has 0 aromatic heterocycles. The van der Waals surface area contributed by atoms with E-state index in [2.05, 4.69) is 36.3 Å². The predicted molar refractivity (Wildman–Crippen MR) is 124 cm³/mol. The average molecular weight is 427 g/mol. The molecule has 2 atom stereocenters. The Balaban J connectivity index is 2.08. The number of aliphatic hydroxyl groups is 1. The van der Waals surface area contributed by atoms with E-state index in [0.29, 0.717) is 19.1 Å². The molecule has 2 unspecified atom stereocenters. The minimum absolute atomic E-state index is 0.0906. The van der Waals surface area contributed by atoms with E-state index in [1.807, 2.05) is 31.2 Å². The summed E-state index contributed by atoms with van der Waals surface area (Å²) in [4.78, 5) is 14.7. The molecular weight excluding hydrogens is 392 g/mol. The fraction of sp³-hybridized carbons (Fsp3) is 0.480. The van der Waals surface area contributed by atoms with Gasteiger partial charge in [-0.25, -0.2) is 0 Å². The predicted octanol–water partition coefficient (Wildman–Crippen LogP) is 3.96. The summed E-state index contributed by atoms with van der Waals surface area (Å²) in [5.74, 6) is 0.386. The van der Waals surface area contributed by atoms with E-state index in [0.717, 1.165) is 46.8 Å². The van der Waals surface area contributed by atoms with Crippen molar-refractivity contribution in [3.63, 3.8) is 0 Å². The summed E-state index contributed by atoms with van der Waals surface area (Å²) >= 11 is 0. The number of esters is 1. The number of carbonyl (C=O) groups excluding carboxylic acids is 1. The Bertz CT molecular complexity index is 899. The standard InChI is InChI=1S/C25H34N2O4/c1-5-20-16-27(3)25-22(26-20)13-19(14-23(25)30-4)21(15-24(29)31-6-2)18-9-7-8-17(12-18)10-11-28/h7-9,12-14,20-21,26,28H,5-6,10-11,15-16H2,1-4H3. The molecule has 0 aliphatic carbocycles. The van der Waals surface area contributed by atoms with Gasteiger partial charge in [0, 0.05) is 32.2 Å². The monoisotopic (exact) mass is 426 g/mol. The molecule has 0 spiro atoms. The highest BCUT2D eigenvalue weighted by Gasteiger charge is 2.27. The van der Waals surface area contributed by atoms with Gasteiger partial charge in [0.1, 0.15) is 11.4 Å². The first-order valence-electron chi connectivity index (χ1n) is 11.1. The molecule has 1 heterocycles. The SMILES string of the molecule is CCOC(=O)CC(c1cccc(CCO)c1)c1cc2c(c(OC)c1)N(C)CC(CC)N2. The molecule has 6 nitrogen and oxygen atoms in total. The van der Waals surface area contributed by atoms with Crippen LogP contribution in [0.15, 0.2) is 36.4 Å². The van der Waals surface area contributed by atoms with Crippen molar-refractivity contribution in [3.8, 4) is 5.75 Å². The van der Waals surface area contributed by atoms with Gasteiger partial charge >= 0.3 is 5.97 Å². The van der Waals surface area contributed by atoms with Gasteiger partial charge in [0.15, 0.2) is 0 Å². The Labute approximate surface area is 185 Å². The highest BCUT2D eigenvalue weighted by atomic mass is 16.5. The van der Waals surface area contributed by atoms with Crippen molar-refractivity contribution in [3.05, 3.63) is 53.1 Å². The van der Waals surface area contributed by atoms with E-state index in [9.17, 15) is 9.90 Å². The molecule has 0 saturated carbocycles. The Morgan fingerprint density at radius 1 is 1.26 bits per heavy atom. The zero-order chi connectivity index (χ0) is 22.4. The van der Waals surface area contributed by atoms with Crippen molar-refractivity contribution >= 4 is 17.3 Å². The fourth-order valence-corrected chi connectivity index (χ4v) is 4.32. The second kappa shape index (κ2) is 10.5. The summed E-state index contributed by atoms with van der Waals surface area (Å²) in [5, 5.41) is 13.0. The van der Waals surface area contributed by atoms with Crippen LogP contribution >= 0.6 is 0 Å². The number of carbonyl (C=O) groups is 1. The highest BCUT2D eigenvalue weighted by molar-refractivity contribution is 5.81. The normalized spacial score (nSPS) is 16.3. The molecule has 2 N–H and O–H groups in total. The highest BCUT2D eigenvalue weighted by Crippen LogP contribution is 2.43. The zero-order valence-electron chi connectivity index (χ0n) is 19.0. The van der Waals surface area contributed by atoms with E-state index in [1.165, 1.54) is 0 Å². The summed E-state index contributed by atoms with van der Waals surface area (Å²) < 4.78 is 11.0. The van der Waals surface area contributed by atoms with Gasteiger partial charge in [-0.05, 0) is 48.6 Å². The van der Waals surface area contributed by atoms with Gasteiger partial charge in [0.05, 0.1) is 25.8 Å². The quantitative estimate of drug-likeness (QED) is 0.592. The lowest BCUT2D eigenvalue weighted by Crippen LogP contribution is -2.39. The third-order valence-corrected chi connectivity index (χ3v) is 5.88. The van der Waals surface area contributed by atoms with Crippen molar-refractivity contribution in [2.24, 2.45) is 0 Å². The van der Waals surface area contributed by atoms with Crippen LogP contribution in [-0.4, -0.2) is 51.0 Å². The van der Waals surface area contributed by atoms with Gasteiger partial charge in [0.25, 0.3) is 0 Å². The molecule has 0 bridgehead atoms. The molecule has 0 fully saturated rings. The Morgan fingerprint density at radius 2 is 2.06 bits per heavy atom. The second-order valence-electron chi connectivity index (χ2n) is 8.03. The number of likely N-dealkylation sites (N-methyl/N-ethyl adjacent to an activating group) is 1. The van der Waals surface area contributed by atoms with E-state index < -0.39 is 0 Å². The summed E-state index contributed by atoms with van der Waals surface area (Å²) in [6, 6.07) is 12.6. The van der Waals surface area contributed by atoms with Gasteiger partial charge in [-0.15, -0.1) is 0 Å². The van der Waals surface area contributed by atoms with Gasteiger partial charge in [-0.2, -0.15) is 0 Å². The van der Waals surface area contributed by atoms with Crippen molar-refractivity contribution in [1.82, 2.24) is 0 Å². The van der Waals surface area contributed by atoms with Crippen LogP contribution in [0.2, 0.25) is 0 Å². The molecule has 31 heavy (non-hydrogen) atoms. The Kier molecular flexibility index (Phi) is 7.80. The first kappa shape index (κ1) is 22.9. The van der Waals surface area contributed by atoms with Crippen LogP contribution < -0.4 is 15.0 Å². The largest absolute Gasteiger partial charge is 0.494 e. The topological polar surface area (TPSA) is 71.0 Å². The smallest absolute Gasteiger partial charge is 0.306 e. The van der Waals surface area contributed by atoms with E-state index in [-0.39, 0.29) is 24.9 Å². The van der Waals surface area contributed by atoms with E-state index in [1.54, 1.807) is 7.11 Å². The van der Waals surface area contributed by atoms with Crippen molar-refractivity contribution in [1.29, 1.82) is 0 Å². The molecule has 0 saturated heterocycles. The molecule has 2 aromatic carbocycles. The number of fused-ring (bicyclic) bond motifs is 1. The lowest BCUT2D eigenvalue weighted by atomic mass is 9.86. The van der Waals surface area contributed by atoms with Crippen molar-refractivity contribution < 1.29 is 19.4 Å². The number of aliphatic hydroxyl groups excluding tert-OH is 1. The molecule has 3 rings (SSSR count). The second-order valence-corrected chi connectivity index (χ2v) is 8.03. The van der Waals surface area contributed by atoms with E-state index >= 15 is 0 Å². The Hall–Kier alpha value is -2.73. The number of ether oxygens (including phenoxy) is 2. The number of benzene rings is 2. The minimum Gasteiger partial charge on any atom is -0.494 e. The molecule has 6 heteroatoms. The van der Waals surface area contributed by atoms with E-state index in [4.69, 9.17) is 9.47 Å². The first-order chi connectivity index (χ1) is 15.0. The van der Waals surface area contributed by atoms with Gasteiger partial charge < -0.3 is 24.8 Å². The molecule has 1 aliphatic rings. The number of hydrogen-bond donors (Lipinski definition) is 2. The van der Waals surface area contributed by atoms with Crippen LogP contribution in [0.5, 0.6) is 5.75 Å². The summed E-state index contributed by atoms with van der Waals surface area (Å²) in [6.07, 6.45) is 1.84. The van der Waals surface area contributed by atoms with Crippen LogP contribution in [0.25, 0.3) is 0 Å². The van der Waals surface area contributed by atoms with Crippen molar-refractivity contribution in [2.75, 3.05) is 44.1 Å². The summed E-state index contributed by atoms with van der Waals surface area (Å²) in [6.45, 7) is 5.35. The number of nitrogens with zero attached hydrogens (tertiary/aromatic N) is 1. The van der Waals surface area contributed by atoms with Gasteiger partial charge in [-0.1, -0.05) is 31.2 Å². The molecular formula is C25H34N2O4. The van der Waals surface area contributed by atoms with Crippen LogP contribution in [0.4, 0.5) is 11.4 Å². The van der Waals surface area contributed by atoms with Crippen molar-refractivity contribution in [2.45, 2.75) is 45.1 Å². The van der Waals surface area contributed by atoms with Crippen LogP contribution in [0.1, 0.15) is 49.3 Å². The molecule has 0 amide bonds. The maximum atomic E-state index is 12.5. The summed E-state index contributed by atoms with van der Waals surface area (Å²) in [5.41, 5.74) is 5.14. The van der Waals surface area contributed by atoms with Crippen LogP contribution in [0.3, 0.4) is 0 Å². The molecule has 168 valence electrons. The lowest BCUT2D eigenvalue weighted by molar-refractivity contribution is -0.143. The molecule has 1 aliphatic heterocycles. The maximum Gasteiger partial charge on any atom is 0.306 e. The number of hydrogen-bond acceptors (Lipinski definition) is 6. The lowest BCUT2D eigenvalue weighted by Gasteiger charge is -2.36. The number of methoxy groups -OCH3 is 1. The molecule has 0 radical (unpaired) electrons. The molecule has 2 aromatic rings. The minimum atomic E-state index is -0.228. The van der Waals surface area contributed by atoms with Gasteiger partial charge in [-0.3, -0.25) is 4.79 Å².